The number of rotatable bonds is 6. The first-order valence-electron chi connectivity index (χ1n) is 4.95. The molecule has 0 bridgehead atoms. The monoisotopic (exact) mass is 222 g/mol. The van der Waals surface area contributed by atoms with E-state index < -0.39 is 12.7 Å². The standard InChI is InChI=1S/C10H17F3N2/c1-9(2,7-14)5-3-4-6-15-8-10(11,12)13/h15H,3-6,8H2,1-2H3. The van der Waals surface area contributed by atoms with E-state index in [2.05, 4.69) is 11.4 Å². The second-order valence-electron chi connectivity index (χ2n) is 4.24. The minimum atomic E-state index is -4.13. The molecule has 2 nitrogen and oxygen atoms in total. The van der Waals surface area contributed by atoms with Crippen LogP contribution in [-0.4, -0.2) is 19.3 Å². The Balaban J connectivity index is 3.38. The molecule has 0 aromatic heterocycles. The smallest absolute Gasteiger partial charge is 0.309 e. The fourth-order valence-corrected chi connectivity index (χ4v) is 1.10. The van der Waals surface area contributed by atoms with E-state index in [1.165, 1.54) is 0 Å². The fourth-order valence-electron chi connectivity index (χ4n) is 1.10. The van der Waals surface area contributed by atoms with Crippen molar-refractivity contribution in [3.8, 4) is 6.07 Å². The Morgan fingerprint density at radius 3 is 2.27 bits per heavy atom. The van der Waals surface area contributed by atoms with Gasteiger partial charge in [-0.25, -0.2) is 0 Å². The molecule has 0 aromatic rings. The molecule has 0 saturated carbocycles. The zero-order valence-corrected chi connectivity index (χ0v) is 9.12. The molecule has 0 saturated heterocycles. The normalized spacial score (nSPS) is 12.5. The van der Waals surface area contributed by atoms with Gasteiger partial charge in [0.1, 0.15) is 0 Å². The van der Waals surface area contributed by atoms with Gasteiger partial charge in [0.15, 0.2) is 0 Å². The van der Waals surface area contributed by atoms with Gasteiger partial charge in [0, 0.05) is 0 Å². The van der Waals surface area contributed by atoms with Crippen LogP contribution in [0.2, 0.25) is 0 Å². The van der Waals surface area contributed by atoms with Crippen LogP contribution in [0.1, 0.15) is 33.1 Å². The summed E-state index contributed by atoms with van der Waals surface area (Å²) >= 11 is 0. The molecule has 0 unspecified atom stereocenters. The molecule has 0 aliphatic rings. The minimum Gasteiger partial charge on any atom is -0.309 e. The number of nitriles is 1. The lowest BCUT2D eigenvalue weighted by atomic mass is 9.89. The molecule has 0 rings (SSSR count). The van der Waals surface area contributed by atoms with Gasteiger partial charge in [-0.3, -0.25) is 0 Å². The van der Waals surface area contributed by atoms with Crippen molar-refractivity contribution in [2.75, 3.05) is 13.1 Å². The molecule has 0 spiro atoms. The quantitative estimate of drug-likeness (QED) is 0.701. The third kappa shape index (κ3) is 9.54. The highest BCUT2D eigenvalue weighted by molar-refractivity contribution is 4.91. The maximum atomic E-state index is 11.7. The molecule has 0 fully saturated rings. The van der Waals surface area contributed by atoms with E-state index in [9.17, 15) is 13.2 Å². The summed E-state index contributed by atoms with van der Waals surface area (Å²) in [6, 6.07) is 2.16. The van der Waals surface area contributed by atoms with Crippen molar-refractivity contribution in [2.24, 2.45) is 5.41 Å². The average Bonchev–Trinajstić information content (AvgIpc) is 2.09. The van der Waals surface area contributed by atoms with Crippen LogP contribution in [0.25, 0.3) is 0 Å². The number of nitrogens with zero attached hydrogens (tertiary/aromatic N) is 1. The zero-order chi connectivity index (χ0) is 11.9. The summed E-state index contributed by atoms with van der Waals surface area (Å²) in [5, 5.41) is 11.0. The Kier molecular flexibility index (Phi) is 5.66. The molecule has 1 N–H and O–H groups in total. The van der Waals surface area contributed by atoms with Crippen molar-refractivity contribution in [2.45, 2.75) is 39.3 Å². The molecular weight excluding hydrogens is 205 g/mol. The summed E-state index contributed by atoms with van der Waals surface area (Å²) in [5.74, 6) is 0. The first kappa shape index (κ1) is 14.2. The Bertz CT molecular complexity index is 216. The highest BCUT2D eigenvalue weighted by Gasteiger charge is 2.25. The molecule has 0 aliphatic heterocycles. The van der Waals surface area contributed by atoms with Gasteiger partial charge >= 0.3 is 6.18 Å². The number of hydrogen-bond donors (Lipinski definition) is 1. The number of unbranched alkanes of at least 4 members (excludes halogenated alkanes) is 1. The highest BCUT2D eigenvalue weighted by Crippen LogP contribution is 2.21. The summed E-state index contributed by atoms with van der Waals surface area (Å²) in [6.07, 6.45) is -1.98. The molecule has 0 amide bonds. The number of nitrogens with one attached hydrogen (secondary N) is 1. The van der Waals surface area contributed by atoms with E-state index >= 15 is 0 Å². The van der Waals surface area contributed by atoms with Crippen LogP contribution in [0.3, 0.4) is 0 Å². The zero-order valence-electron chi connectivity index (χ0n) is 9.12. The average molecular weight is 222 g/mol. The Morgan fingerprint density at radius 1 is 1.20 bits per heavy atom. The Morgan fingerprint density at radius 2 is 1.80 bits per heavy atom. The van der Waals surface area contributed by atoms with E-state index in [0.717, 1.165) is 12.8 Å². The molecule has 88 valence electrons. The summed E-state index contributed by atoms with van der Waals surface area (Å²) in [4.78, 5) is 0. The summed E-state index contributed by atoms with van der Waals surface area (Å²) < 4.78 is 35.1. The summed E-state index contributed by atoms with van der Waals surface area (Å²) in [7, 11) is 0. The molecule has 0 aromatic carbocycles. The third-order valence-corrected chi connectivity index (χ3v) is 2.03. The first-order chi connectivity index (χ1) is 6.77. The molecule has 5 heteroatoms. The van der Waals surface area contributed by atoms with Crippen LogP contribution in [0.5, 0.6) is 0 Å². The van der Waals surface area contributed by atoms with Crippen LogP contribution in [0.15, 0.2) is 0 Å². The van der Waals surface area contributed by atoms with Crippen molar-refractivity contribution >= 4 is 0 Å². The fraction of sp³-hybridized carbons (Fsp3) is 0.900. The lowest BCUT2D eigenvalue weighted by Gasteiger charge is -2.14. The van der Waals surface area contributed by atoms with Crippen LogP contribution in [-0.2, 0) is 0 Å². The van der Waals surface area contributed by atoms with Crippen LogP contribution >= 0.6 is 0 Å². The highest BCUT2D eigenvalue weighted by atomic mass is 19.4. The van der Waals surface area contributed by atoms with Crippen LogP contribution in [0.4, 0.5) is 13.2 Å². The molecule has 0 aliphatic carbocycles. The Labute approximate surface area is 88.5 Å². The molecule has 15 heavy (non-hydrogen) atoms. The molecular formula is C10H17F3N2. The van der Waals surface area contributed by atoms with Crippen molar-refractivity contribution in [1.82, 2.24) is 5.32 Å². The van der Waals surface area contributed by atoms with E-state index in [4.69, 9.17) is 5.26 Å². The van der Waals surface area contributed by atoms with Gasteiger partial charge in [-0.2, -0.15) is 18.4 Å². The topological polar surface area (TPSA) is 35.8 Å². The number of halogens is 3. The van der Waals surface area contributed by atoms with Crippen molar-refractivity contribution < 1.29 is 13.2 Å². The van der Waals surface area contributed by atoms with Crippen molar-refractivity contribution in [3.05, 3.63) is 0 Å². The Hall–Kier alpha value is -0.760. The lowest BCUT2D eigenvalue weighted by Crippen LogP contribution is -2.29. The van der Waals surface area contributed by atoms with E-state index in [0.29, 0.717) is 13.0 Å². The predicted molar refractivity (Wildman–Crippen MR) is 52.2 cm³/mol. The van der Waals surface area contributed by atoms with Gasteiger partial charge < -0.3 is 5.32 Å². The third-order valence-electron chi connectivity index (χ3n) is 2.03. The minimum absolute atomic E-state index is 0.348. The first-order valence-corrected chi connectivity index (χ1v) is 4.95. The van der Waals surface area contributed by atoms with E-state index in [1.807, 2.05) is 13.8 Å². The number of alkyl halides is 3. The second-order valence-corrected chi connectivity index (χ2v) is 4.24. The maximum Gasteiger partial charge on any atom is 0.401 e. The van der Waals surface area contributed by atoms with Crippen LogP contribution in [0, 0.1) is 16.7 Å². The molecule has 0 radical (unpaired) electrons. The van der Waals surface area contributed by atoms with Crippen molar-refractivity contribution in [1.29, 1.82) is 5.26 Å². The van der Waals surface area contributed by atoms with Crippen LogP contribution < -0.4 is 5.32 Å². The maximum absolute atomic E-state index is 11.7. The van der Waals surface area contributed by atoms with Crippen molar-refractivity contribution in [3.63, 3.8) is 0 Å². The second kappa shape index (κ2) is 5.96. The summed E-state index contributed by atoms with van der Waals surface area (Å²) in [6.45, 7) is 3.07. The predicted octanol–water partition coefficient (Wildman–Crippen LogP) is 2.86. The van der Waals surface area contributed by atoms with E-state index in [-0.39, 0.29) is 5.41 Å². The molecule has 0 heterocycles. The SMILES string of the molecule is CC(C)(C#N)CCCCNCC(F)(F)F. The molecule has 0 atom stereocenters. The van der Waals surface area contributed by atoms with Gasteiger partial charge in [0.25, 0.3) is 0 Å². The lowest BCUT2D eigenvalue weighted by molar-refractivity contribution is -0.124. The van der Waals surface area contributed by atoms with E-state index in [1.54, 1.807) is 0 Å². The summed E-state index contributed by atoms with van der Waals surface area (Å²) in [5.41, 5.74) is -0.371. The van der Waals surface area contributed by atoms with Gasteiger partial charge in [0.05, 0.1) is 18.0 Å². The van der Waals surface area contributed by atoms with Gasteiger partial charge in [-0.15, -0.1) is 0 Å². The largest absolute Gasteiger partial charge is 0.401 e. The van der Waals surface area contributed by atoms with Gasteiger partial charge in [-0.1, -0.05) is 6.42 Å². The van der Waals surface area contributed by atoms with Gasteiger partial charge in [-0.05, 0) is 33.2 Å². The number of hydrogen-bond acceptors (Lipinski definition) is 2. The van der Waals surface area contributed by atoms with Gasteiger partial charge in [0.2, 0.25) is 0 Å².